The van der Waals surface area contributed by atoms with E-state index in [1.54, 1.807) is 6.07 Å². The van der Waals surface area contributed by atoms with Crippen LogP contribution in [0.4, 0.5) is 17.6 Å². The lowest BCUT2D eigenvalue weighted by molar-refractivity contribution is -0.385. The molecule has 3 heterocycles. The number of halogens is 1. The lowest BCUT2D eigenvalue weighted by Crippen LogP contribution is -2.33. The summed E-state index contributed by atoms with van der Waals surface area (Å²) in [6.07, 6.45) is -4.03. The van der Waals surface area contributed by atoms with Gasteiger partial charge in [-0.25, -0.2) is 10.4 Å². The van der Waals surface area contributed by atoms with E-state index >= 15 is 0 Å². The monoisotopic (exact) mass is 524 g/mol. The molecule has 1 aliphatic heterocycles. The molecule has 4 atom stereocenters. The number of hydrazone groups is 1. The number of nitrogens with one attached hydrogen (secondary N) is 2. The van der Waals surface area contributed by atoms with Crippen LogP contribution in [-0.4, -0.2) is 70.9 Å². The molecular formula is C17H17BrN8O7. The third-order valence-electron chi connectivity index (χ3n) is 4.89. The van der Waals surface area contributed by atoms with Gasteiger partial charge in [-0.05, 0) is 22.0 Å². The van der Waals surface area contributed by atoms with Crippen molar-refractivity contribution in [3.8, 4) is 0 Å². The normalized spacial score (nSPS) is 22.9. The summed E-state index contributed by atoms with van der Waals surface area (Å²) in [5.74, 6) is -0.330. The number of nitro benzene ring substituents is 1. The van der Waals surface area contributed by atoms with E-state index in [-0.39, 0.29) is 28.7 Å². The Bertz CT molecular complexity index is 1310. The van der Waals surface area contributed by atoms with Crippen molar-refractivity contribution in [2.45, 2.75) is 24.5 Å². The number of nitrogens with two attached hydrogens (primary N) is 1. The number of anilines is 2. The number of imidazole rings is 1. The first-order valence-corrected chi connectivity index (χ1v) is 10.1. The highest BCUT2D eigenvalue weighted by atomic mass is 79.9. The van der Waals surface area contributed by atoms with Crippen LogP contribution in [0.2, 0.25) is 0 Å². The van der Waals surface area contributed by atoms with Gasteiger partial charge in [-0.2, -0.15) is 10.1 Å². The second kappa shape index (κ2) is 8.83. The Hall–Kier alpha value is -3.44. The maximum atomic E-state index is 12.3. The molecule has 4 rings (SSSR count). The van der Waals surface area contributed by atoms with Crippen LogP contribution in [-0.2, 0) is 4.74 Å². The van der Waals surface area contributed by atoms with Gasteiger partial charge in [-0.3, -0.25) is 24.5 Å². The Morgan fingerprint density at radius 3 is 2.82 bits per heavy atom. The molecule has 0 saturated carbocycles. The number of hydrogen-bond donors (Lipinski definition) is 6. The summed E-state index contributed by atoms with van der Waals surface area (Å²) in [5, 5.41) is 45.1. The lowest BCUT2D eigenvalue weighted by Gasteiger charge is -2.18. The molecule has 1 fully saturated rings. The van der Waals surface area contributed by atoms with Gasteiger partial charge in [0.1, 0.15) is 18.3 Å². The second-order valence-corrected chi connectivity index (χ2v) is 7.85. The van der Waals surface area contributed by atoms with Gasteiger partial charge in [0.25, 0.3) is 11.2 Å². The van der Waals surface area contributed by atoms with Crippen molar-refractivity contribution in [1.82, 2.24) is 19.5 Å². The van der Waals surface area contributed by atoms with Gasteiger partial charge < -0.3 is 25.8 Å². The zero-order valence-electron chi connectivity index (χ0n) is 16.5. The molecule has 0 bridgehead atoms. The van der Waals surface area contributed by atoms with Crippen LogP contribution >= 0.6 is 15.9 Å². The van der Waals surface area contributed by atoms with Crippen LogP contribution in [0, 0.1) is 10.1 Å². The molecule has 0 amide bonds. The zero-order valence-corrected chi connectivity index (χ0v) is 18.1. The van der Waals surface area contributed by atoms with E-state index in [0.29, 0.717) is 10.0 Å². The molecule has 16 heteroatoms. The van der Waals surface area contributed by atoms with Crippen molar-refractivity contribution in [1.29, 1.82) is 0 Å². The number of aliphatic hydroxyl groups is 3. The SMILES string of the molecule is Nc1nc2c(nc(NN=Cc3ccc(Br)c([N+](=O)[O-])c3)n2[C@H]2O[C@@H](CO)[C@@H](O)[C@@H]2O)c(=O)[nH]1. The Labute approximate surface area is 191 Å². The number of H-pyrrole nitrogens is 1. The number of ether oxygens (including phenoxy) is 1. The number of nitro groups is 1. The molecule has 174 valence electrons. The number of benzene rings is 1. The first-order chi connectivity index (χ1) is 15.7. The topological polar surface area (TPSA) is 227 Å². The Balaban J connectivity index is 1.74. The highest BCUT2D eigenvalue weighted by Crippen LogP contribution is 2.34. The third-order valence-corrected chi connectivity index (χ3v) is 5.56. The highest BCUT2D eigenvalue weighted by molar-refractivity contribution is 9.10. The maximum Gasteiger partial charge on any atom is 0.284 e. The van der Waals surface area contributed by atoms with Crippen LogP contribution in [0.3, 0.4) is 0 Å². The first-order valence-electron chi connectivity index (χ1n) is 9.34. The average molecular weight is 525 g/mol. The fourth-order valence-electron chi connectivity index (χ4n) is 3.33. The highest BCUT2D eigenvalue weighted by Gasteiger charge is 2.45. The summed E-state index contributed by atoms with van der Waals surface area (Å²) in [4.78, 5) is 33.3. The summed E-state index contributed by atoms with van der Waals surface area (Å²) >= 11 is 3.10. The Morgan fingerprint density at radius 1 is 1.39 bits per heavy atom. The van der Waals surface area contributed by atoms with Gasteiger partial charge in [0.05, 0.1) is 22.2 Å². The van der Waals surface area contributed by atoms with Gasteiger partial charge in [0, 0.05) is 11.6 Å². The Morgan fingerprint density at radius 2 is 2.15 bits per heavy atom. The molecule has 2 aromatic heterocycles. The molecule has 0 radical (unpaired) electrons. The number of aromatic amines is 1. The van der Waals surface area contributed by atoms with Crippen molar-refractivity contribution in [2.75, 3.05) is 17.8 Å². The van der Waals surface area contributed by atoms with Crippen molar-refractivity contribution in [3.63, 3.8) is 0 Å². The fourth-order valence-corrected chi connectivity index (χ4v) is 3.72. The molecule has 0 unspecified atom stereocenters. The predicted octanol–water partition coefficient (Wildman–Crippen LogP) is -0.570. The number of rotatable bonds is 6. The quantitative estimate of drug-likeness (QED) is 0.136. The van der Waals surface area contributed by atoms with Crippen LogP contribution in [0.25, 0.3) is 11.2 Å². The molecule has 7 N–H and O–H groups in total. The molecule has 1 aromatic carbocycles. The fraction of sp³-hybridized carbons (Fsp3) is 0.294. The molecule has 15 nitrogen and oxygen atoms in total. The van der Waals surface area contributed by atoms with Crippen molar-refractivity contribution in [2.24, 2.45) is 5.10 Å². The molecule has 1 aliphatic rings. The summed E-state index contributed by atoms with van der Waals surface area (Å²) < 4.78 is 7.01. The number of nitrogens with zero attached hydrogens (tertiary/aromatic N) is 5. The van der Waals surface area contributed by atoms with Crippen LogP contribution in [0.5, 0.6) is 0 Å². The molecular weight excluding hydrogens is 508 g/mol. The predicted molar refractivity (Wildman–Crippen MR) is 118 cm³/mol. The van der Waals surface area contributed by atoms with Crippen LogP contribution in [0.1, 0.15) is 11.8 Å². The number of hydrogen-bond acceptors (Lipinski definition) is 12. The van der Waals surface area contributed by atoms with E-state index in [1.165, 1.54) is 22.9 Å². The van der Waals surface area contributed by atoms with Gasteiger partial charge >= 0.3 is 0 Å². The number of aliphatic hydroxyl groups excluding tert-OH is 3. The molecule has 3 aromatic rings. The van der Waals surface area contributed by atoms with Gasteiger partial charge in [-0.15, -0.1) is 0 Å². The third kappa shape index (κ3) is 4.16. The van der Waals surface area contributed by atoms with Gasteiger partial charge in [0.15, 0.2) is 17.4 Å². The molecule has 1 saturated heterocycles. The van der Waals surface area contributed by atoms with E-state index in [0.717, 1.165) is 0 Å². The van der Waals surface area contributed by atoms with Gasteiger partial charge in [0.2, 0.25) is 11.9 Å². The minimum Gasteiger partial charge on any atom is -0.394 e. The smallest absolute Gasteiger partial charge is 0.284 e. The summed E-state index contributed by atoms with van der Waals surface area (Å²) in [7, 11) is 0. The minimum absolute atomic E-state index is 0.0666. The largest absolute Gasteiger partial charge is 0.394 e. The van der Waals surface area contributed by atoms with E-state index in [4.69, 9.17) is 10.5 Å². The average Bonchev–Trinajstić information content (AvgIpc) is 3.26. The lowest BCUT2D eigenvalue weighted by atomic mass is 10.1. The standard InChI is InChI=1S/C17H17BrN8O7/c18-7-2-1-6(3-8(7)26(31)32)4-20-24-17-21-10-13(22-16(19)23-14(10)30)25(17)15-12(29)11(28)9(5-27)33-15/h1-4,9,11-12,15,27-29H,5H2,(H,21,24)(H3,19,22,23,30)/t9-,11+,12-,15-/m0/s1. The molecule has 0 aliphatic carbocycles. The van der Waals surface area contributed by atoms with Crippen molar-refractivity contribution >= 4 is 50.9 Å². The van der Waals surface area contributed by atoms with Crippen LogP contribution in [0.15, 0.2) is 32.6 Å². The van der Waals surface area contributed by atoms with E-state index < -0.39 is 41.6 Å². The van der Waals surface area contributed by atoms with Crippen molar-refractivity contribution in [3.05, 3.63) is 48.7 Å². The summed E-state index contributed by atoms with van der Waals surface area (Å²) in [5.41, 5.74) is 7.54. The summed E-state index contributed by atoms with van der Waals surface area (Å²) in [6.45, 7) is -0.569. The molecule has 33 heavy (non-hydrogen) atoms. The number of nitrogen functional groups attached to an aromatic ring is 1. The van der Waals surface area contributed by atoms with Gasteiger partial charge in [-0.1, -0.05) is 6.07 Å². The van der Waals surface area contributed by atoms with E-state index in [9.17, 15) is 30.2 Å². The Kier molecular flexibility index (Phi) is 6.09. The zero-order chi connectivity index (χ0) is 23.9. The minimum atomic E-state index is -1.50. The van der Waals surface area contributed by atoms with E-state index in [2.05, 4.69) is 41.4 Å². The number of fused-ring (bicyclic) bond motifs is 1. The van der Waals surface area contributed by atoms with E-state index in [1.807, 2.05) is 0 Å². The van der Waals surface area contributed by atoms with Crippen LogP contribution < -0.4 is 16.7 Å². The first kappa shape index (κ1) is 22.7. The van der Waals surface area contributed by atoms with Crippen molar-refractivity contribution < 1.29 is 25.0 Å². The maximum absolute atomic E-state index is 12.3. The second-order valence-electron chi connectivity index (χ2n) is 7.00. The number of aromatic nitrogens is 4. The summed E-state index contributed by atoms with van der Waals surface area (Å²) in [6, 6.07) is 4.35. The molecule has 0 spiro atoms.